The van der Waals surface area contributed by atoms with Crippen molar-refractivity contribution in [1.29, 1.82) is 0 Å². The quantitative estimate of drug-likeness (QED) is 0.436. The summed E-state index contributed by atoms with van der Waals surface area (Å²) in [4.78, 5) is 11.3. The molecule has 0 saturated carbocycles. The fraction of sp³-hybridized carbons (Fsp3) is 0.700. The van der Waals surface area contributed by atoms with Gasteiger partial charge in [-0.25, -0.2) is 0 Å². The number of alkyl halides is 1. The Labute approximate surface area is 89.7 Å². The van der Waals surface area contributed by atoms with Crippen LogP contribution in [0.2, 0.25) is 0 Å². The SMILES string of the molecule is C=CC(C)C(C)(O)C(Cl)C(=O)OCC. The van der Waals surface area contributed by atoms with E-state index in [0.717, 1.165) is 0 Å². The van der Waals surface area contributed by atoms with Crippen LogP contribution < -0.4 is 0 Å². The van der Waals surface area contributed by atoms with E-state index in [4.69, 9.17) is 16.3 Å². The zero-order valence-electron chi connectivity index (χ0n) is 8.79. The van der Waals surface area contributed by atoms with Crippen LogP contribution in [0.1, 0.15) is 20.8 Å². The van der Waals surface area contributed by atoms with E-state index in [1.54, 1.807) is 19.9 Å². The van der Waals surface area contributed by atoms with Gasteiger partial charge in [0.25, 0.3) is 0 Å². The molecule has 3 unspecified atom stereocenters. The van der Waals surface area contributed by atoms with Crippen LogP contribution >= 0.6 is 11.6 Å². The van der Waals surface area contributed by atoms with Gasteiger partial charge in [-0.15, -0.1) is 18.2 Å². The Morgan fingerprint density at radius 2 is 2.29 bits per heavy atom. The molecule has 0 aromatic heterocycles. The highest BCUT2D eigenvalue weighted by Gasteiger charge is 2.40. The molecule has 0 rings (SSSR count). The summed E-state index contributed by atoms with van der Waals surface area (Å²) in [5, 5.41) is 8.87. The van der Waals surface area contributed by atoms with Gasteiger partial charge in [-0.2, -0.15) is 0 Å². The van der Waals surface area contributed by atoms with Crippen LogP contribution in [0.4, 0.5) is 0 Å². The Morgan fingerprint density at radius 1 is 1.79 bits per heavy atom. The number of rotatable bonds is 5. The van der Waals surface area contributed by atoms with E-state index in [1.165, 1.54) is 6.92 Å². The third-order valence-corrected chi connectivity index (χ3v) is 2.90. The Balaban J connectivity index is 4.56. The standard InChI is InChI=1S/C10H17ClO3/c1-5-7(3)10(4,13)8(11)9(12)14-6-2/h5,7-8,13H,1,6H2,2-4H3. The van der Waals surface area contributed by atoms with E-state index in [2.05, 4.69) is 6.58 Å². The Morgan fingerprint density at radius 3 is 2.64 bits per heavy atom. The third-order valence-electron chi connectivity index (χ3n) is 2.28. The molecular formula is C10H17ClO3. The number of carbonyl (C=O) groups is 1. The van der Waals surface area contributed by atoms with Crippen molar-refractivity contribution in [2.75, 3.05) is 6.61 Å². The molecule has 0 amide bonds. The maximum Gasteiger partial charge on any atom is 0.327 e. The second kappa shape index (κ2) is 5.37. The fourth-order valence-corrected chi connectivity index (χ4v) is 1.19. The number of ether oxygens (including phenoxy) is 1. The molecule has 0 fully saturated rings. The van der Waals surface area contributed by atoms with Crippen LogP contribution in [0.3, 0.4) is 0 Å². The van der Waals surface area contributed by atoms with E-state index in [0.29, 0.717) is 0 Å². The van der Waals surface area contributed by atoms with Crippen molar-refractivity contribution in [1.82, 2.24) is 0 Å². The number of halogens is 1. The lowest BCUT2D eigenvalue weighted by molar-refractivity contribution is -0.148. The van der Waals surface area contributed by atoms with Crippen molar-refractivity contribution in [3.05, 3.63) is 12.7 Å². The second-order valence-corrected chi connectivity index (χ2v) is 3.80. The van der Waals surface area contributed by atoms with Crippen LogP contribution in [-0.2, 0) is 9.53 Å². The van der Waals surface area contributed by atoms with Gasteiger partial charge < -0.3 is 9.84 Å². The highest BCUT2D eigenvalue weighted by Crippen LogP contribution is 2.26. The topological polar surface area (TPSA) is 46.5 Å². The van der Waals surface area contributed by atoms with Crippen LogP contribution in [0.25, 0.3) is 0 Å². The molecule has 0 heterocycles. The predicted molar refractivity (Wildman–Crippen MR) is 56.3 cm³/mol. The Bertz CT molecular complexity index is 213. The summed E-state index contributed by atoms with van der Waals surface area (Å²) in [7, 11) is 0. The first kappa shape index (κ1) is 13.5. The van der Waals surface area contributed by atoms with Gasteiger partial charge in [0.05, 0.1) is 12.2 Å². The first-order valence-electron chi connectivity index (χ1n) is 4.53. The van der Waals surface area contributed by atoms with E-state index in [-0.39, 0.29) is 12.5 Å². The van der Waals surface area contributed by atoms with E-state index in [1.807, 2.05) is 0 Å². The first-order valence-corrected chi connectivity index (χ1v) is 4.97. The van der Waals surface area contributed by atoms with Gasteiger partial charge in [0, 0.05) is 5.92 Å². The van der Waals surface area contributed by atoms with Crippen molar-refractivity contribution < 1.29 is 14.6 Å². The summed E-state index contributed by atoms with van der Waals surface area (Å²) in [6.45, 7) is 8.71. The molecule has 0 aromatic rings. The van der Waals surface area contributed by atoms with Crippen LogP contribution in [0, 0.1) is 5.92 Å². The van der Waals surface area contributed by atoms with Gasteiger partial charge in [-0.3, -0.25) is 4.79 Å². The molecule has 0 radical (unpaired) electrons. The van der Waals surface area contributed by atoms with E-state index < -0.39 is 16.9 Å². The van der Waals surface area contributed by atoms with Gasteiger partial charge >= 0.3 is 5.97 Å². The molecular weight excluding hydrogens is 204 g/mol. The molecule has 3 atom stereocenters. The van der Waals surface area contributed by atoms with Crippen molar-refractivity contribution in [2.24, 2.45) is 5.92 Å². The molecule has 0 aromatic carbocycles. The summed E-state index contributed by atoms with van der Waals surface area (Å²) < 4.78 is 4.72. The van der Waals surface area contributed by atoms with Gasteiger partial charge in [0.2, 0.25) is 0 Å². The van der Waals surface area contributed by atoms with Crippen molar-refractivity contribution in [3.63, 3.8) is 0 Å². The van der Waals surface area contributed by atoms with Gasteiger partial charge in [0.15, 0.2) is 5.38 Å². The van der Waals surface area contributed by atoms with E-state index in [9.17, 15) is 9.90 Å². The van der Waals surface area contributed by atoms with Crippen molar-refractivity contribution in [3.8, 4) is 0 Å². The molecule has 82 valence electrons. The number of esters is 1. The molecule has 0 spiro atoms. The molecule has 0 bridgehead atoms. The zero-order chi connectivity index (χ0) is 11.4. The number of hydrogen-bond donors (Lipinski definition) is 1. The van der Waals surface area contributed by atoms with Crippen LogP contribution in [0.5, 0.6) is 0 Å². The highest BCUT2D eigenvalue weighted by atomic mass is 35.5. The molecule has 4 heteroatoms. The zero-order valence-corrected chi connectivity index (χ0v) is 9.54. The summed E-state index contributed by atoms with van der Waals surface area (Å²) in [6.07, 6.45) is 1.55. The highest BCUT2D eigenvalue weighted by molar-refractivity contribution is 6.30. The largest absolute Gasteiger partial charge is 0.465 e. The predicted octanol–water partition coefficient (Wildman–Crippen LogP) is 1.73. The van der Waals surface area contributed by atoms with E-state index >= 15 is 0 Å². The molecule has 0 saturated heterocycles. The van der Waals surface area contributed by atoms with Gasteiger partial charge in [0.1, 0.15) is 0 Å². The lowest BCUT2D eigenvalue weighted by atomic mass is 9.87. The minimum atomic E-state index is -1.34. The maximum absolute atomic E-state index is 11.3. The average Bonchev–Trinajstić information content (AvgIpc) is 2.15. The summed E-state index contributed by atoms with van der Waals surface area (Å²) in [5.41, 5.74) is -1.34. The summed E-state index contributed by atoms with van der Waals surface area (Å²) in [6, 6.07) is 0. The average molecular weight is 221 g/mol. The van der Waals surface area contributed by atoms with Gasteiger partial charge in [-0.05, 0) is 13.8 Å². The summed E-state index contributed by atoms with van der Waals surface area (Å²) >= 11 is 5.80. The molecule has 0 aliphatic rings. The molecule has 0 aliphatic heterocycles. The maximum atomic E-state index is 11.3. The monoisotopic (exact) mass is 220 g/mol. The Kier molecular flexibility index (Phi) is 5.16. The minimum Gasteiger partial charge on any atom is -0.465 e. The molecule has 3 nitrogen and oxygen atoms in total. The number of hydrogen-bond acceptors (Lipinski definition) is 3. The lowest BCUT2D eigenvalue weighted by Gasteiger charge is -2.31. The third kappa shape index (κ3) is 3.00. The summed E-state index contributed by atoms with van der Waals surface area (Å²) in [5.74, 6) is -0.887. The van der Waals surface area contributed by atoms with Gasteiger partial charge in [-0.1, -0.05) is 13.0 Å². The lowest BCUT2D eigenvalue weighted by Crippen LogP contribution is -2.46. The smallest absolute Gasteiger partial charge is 0.327 e. The fourth-order valence-electron chi connectivity index (χ4n) is 0.923. The first-order chi connectivity index (χ1) is 6.37. The minimum absolute atomic E-state index is 0.251. The molecule has 1 N–H and O–H groups in total. The van der Waals surface area contributed by atoms with Crippen LogP contribution in [-0.4, -0.2) is 28.7 Å². The number of aliphatic hydroxyl groups is 1. The normalized spacial score (nSPS) is 19.2. The van der Waals surface area contributed by atoms with Crippen molar-refractivity contribution in [2.45, 2.75) is 31.7 Å². The molecule has 14 heavy (non-hydrogen) atoms. The molecule has 0 aliphatic carbocycles. The second-order valence-electron chi connectivity index (χ2n) is 3.36. The number of carbonyl (C=O) groups excluding carboxylic acids is 1. The van der Waals surface area contributed by atoms with Crippen molar-refractivity contribution >= 4 is 17.6 Å². The van der Waals surface area contributed by atoms with Crippen LogP contribution in [0.15, 0.2) is 12.7 Å². The Hall–Kier alpha value is -0.540.